The van der Waals surface area contributed by atoms with Crippen molar-refractivity contribution in [3.63, 3.8) is 0 Å². The molecule has 0 aromatic carbocycles. The maximum Gasteiger partial charge on any atom is 0.374 e. The first-order valence-corrected chi connectivity index (χ1v) is 9.12. The van der Waals surface area contributed by atoms with Crippen LogP contribution in [-0.2, 0) is 4.74 Å². The van der Waals surface area contributed by atoms with Gasteiger partial charge in [-0.1, -0.05) is 58.1 Å². The summed E-state index contributed by atoms with van der Waals surface area (Å²) < 4.78 is 10.4. The average molecular weight is 320 g/mol. The predicted molar refractivity (Wildman–Crippen MR) is 94.5 cm³/mol. The number of rotatable bonds is 12. The van der Waals surface area contributed by atoms with Crippen LogP contribution in [0.1, 0.15) is 82.7 Å². The van der Waals surface area contributed by atoms with Crippen molar-refractivity contribution in [3.05, 3.63) is 35.8 Å². The molecule has 0 aliphatic carbocycles. The Hall–Kier alpha value is -1.51. The van der Waals surface area contributed by atoms with Crippen molar-refractivity contribution in [2.45, 2.75) is 72.1 Å². The van der Waals surface area contributed by atoms with Gasteiger partial charge in [-0.2, -0.15) is 0 Å². The highest BCUT2D eigenvalue weighted by Gasteiger charge is 2.15. The molecule has 0 amide bonds. The molecule has 0 radical (unpaired) electrons. The van der Waals surface area contributed by atoms with Gasteiger partial charge in [0.15, 0.2) is 0 Å². The SMILES string of the molecule is CCCC/C=C(\CC)C(CCCC)CCOC(=O)c1ccco1. The summed E-state index contributed by atoms with van der Waals surface area (Å²) >= 11 is 0. The summed E-state index contributed by atoms with van der Waals surface area (Å²) in [7, 11) is 0. The molecular weight excluding hydrogens is 288 g/mol. The van der Waals surface area contributed by atoms with Gasteiger partial charge in [0.1, 0.15) is 0 Å². The second-order valence-electron chi connectivity index (χ2n) is 6.02. The van der Waals surface area contributed by atoms with Gasteiger partial charge in [-0.25, -0.2) is 4.79 Å². The minimum atomic E-state index is -0.364. The minimum Gasteiger partial charge on any atom is -0.460 e. The van der Waals surface area contributed by atoms with Crippen LogP contribution in [-0.4, -0.2) is 12.6 Å². The van der Waals surface area contributed by atoms with Gasteiger partial charge in [-0.05, 0) is 43.7 Å². The Morgan fingerprint density at radius 1 is 1.22 bits per heavy atom. The molecule has 3 nitrogen and oxygen atoms in total. The lowest BCUT2D eigenvalue weighted by Crippen LogP contribution is -2.12. The van der Waals surface area contributed by atoms with Gasteiger partial charge >= 0.3 is 5.97 Å². The molecule has 1 aromatic heterocycles. The Kier molecular flexibility index (Phi) is 10.2. The van der Waals surface area contributed by atoms with Crippen molar-refractivity contribution in [3.8, 4) is 0 Å². The number of allylic oxidation sites excluding steroid dienone is 2. The summed E-state index contributed by atoms with van der Waals surface area (Å²) in [6.07, 6.45) is 13.1. The summed E-state index contributed by atoms with van der Waals surface area (Å²) in [6, 6.07) is 3.34. The second kappa shape index (κ2) is 12.0. The van der Waals surface area contributed by atoms with E-state index < -0.39 is 0 Å². The van der Waals surface area contributed by atoms with Gasteiger partial charge in [0.25, 0.3) is 0 Å². The first-order chi connectivity index (χ1) is 11.2. The van der Waals surface area contributed by atoms with Crippen molar-refractivity contribution in [2.24, 2.45) is 5.92 Å². The fourth-order valence-electron chi connectivity index (χ4n) is 2.82. The predicted octanol–water partition coefficient (Wildman–Crippen LogP) is 6.16. The monoisotopic (exact) mass is 320 g/mol. The van der Waals surface area contributed by atoms with Gasteiger partial charge in [0, 0.05) is 0 Å². The number of esters is 1. The largest absolute Gasteiger partial charge is 0.460 e. The molecule has 0 bridgehead atoms. The van der Waals surface area contributed by atoms with Crippen molar-refractivity contribution in [2.75, 3.05) is 6.61 Å². The van der Waals surface area contributed by atoms with Gasteiger partial charge < -0.3 is 9.15 Å². The van der Waals surface area contributed by atoms with Gasteiger partial charge in [-0.15, -0.1) is 0 Å². The van der Waals surface area contributed by atoms with E-state index in [1.165, 1.54) is 43.9 Å². The zero-order chi connectivity index (χ0) is 16.9. The van der Waals surface area contributed by atoms with Crippen LogP contribution >= 0.6 is 0 Å². The van der Waals surface area contributed by atoms with E-state index >= 15 is 0 Å². The van der Waals surface area contributed by atoms with E-state index in [1.807, 2.05) is 0 Å². The molecular formula is C20H32O3. The molecule has 1 rings (SSSR count). The van der Waals surface area contributed by atoms with Crippen molar-refractivity contribution >= 4 is 5.97 Å². The van der Waals surface area contributed by atoms with Crippen molar-refractivity contribution in [1.29, 1.82) is 0 Å². The molecule has 1 atom stereocenters. The van der Waals surface area contributed by atoms with Crippen LogP contribution in [0.25, 0.3) is 0 Å². The highest BCUT2D eigenvalue weighted by atomic mass is 16.5. The zero-order valence-electron chi connectivity index (χ0n) is 15.0. The summed E-state index contributed by atoms with van der Waals surface area (Å²) in [5, 5.41) is 0. The molecule has 1 heterocycles. The van der Waals surface area contributed by atoms with Gasteiger partial charge in [0.2, 0.25) is 5.76 Å². The number of ether oxygens (including phenoxy) is 1. The molecule has 0 saturated heterocycles. The molecule has 0 spiro atoms. The molecule has 0 saturated carbocycles. The third kappa shape index (κ3) is 7.54. The molecule has 0 fully saturated rings. The third-order valence-electron chi connectivity index (χ3n) is 4.22. The number of hydrogen-bond acceptors (Lipinski definition) is 3. The Balaban J connectivity index is 2.51. The summed E-state index contributed by atoms with van der Waals surface area (Å²) in [4.78, 5) is 11.8. The van der Waals surface area contributed by atoms with Crippen molar-refractivity contribution < 1.29 is 13.9 Å². The van der Waals surface area contributed by atoms with E-state index in [4.69, 9.17) is 9.15 Å². The Bertz CT molecular complexity index is 445. The van der Waals surface area contributed by atoms with Crippen LogP contribution in [0.4, 0.5) is 0 Å². The number of unbranched alkanes of at least 4 members (excludes halogenated alkanes) is 3. The fourth-order valence-corrected chi connectivity index (χ4v) is 2.82. The van der Waals surface area contributed by atoms with E-state index in [0.717, 1.165) is 19.3 Å². The van der Waals surface area contributed by atoms with E-state index in [1.54, 1.807) is 12.1 Å². The maximum atomic E-state index is 11.8. The highest BCUT2D eigenvalue weighted by molar-refractivity contribution is 5.86. The molecule has 0 aliphatic rings. The smallest absolute Gasteiger partial charge is 0.374 e. The van der Waals surface area contributed by atoms with Crippen LogP contribution in [0.3, 0.4) is 0 Å². The quantitative estimate of drug-likeness (QED) is 0.263. The summed E-state index contributed by atoms with van der Waals surface area (Å²) in [5.41, 5.74) is 1.53. The normalized spacial score (nSPS) is 13.1. The molecule has 23 heavy (non-hydrogen) atoms. The maximum absolute atomic E-state index is 11.8. The first-order valence-electron chi connectivity index (χ1n) is 9.12. The number of carbonyl (C=O) groups excluding carboxylic acids is 1. The molecule has 3 heteroatoms. The van der Waals surface area contributed by atoms with Crippen LogP contribution in [0.2, 0.25) is 0 Å². The van der Waals surface area contributed by atoms with Crippen molar-refractivity contribution in [1.82, 2.24) is 0 Å². The van der Waals surface area contributed by atoms with E-state index in [0.29, 0.717) is 12.5 Å². The van der Waals surface area contributed by atoms with Crippen LogP contribution in [0.15, 0.2) is 34.5 Å². The Morgan fingerprint density at radius 2 is 2.00 bits per heavy atom. The number of carbonyl (C=O) groups is 1. The minimum absolute atomic E-state index is 0.282. The highest BCUT2D eigenvalue weighted by Crippen LogP contribution is 2.25. The standard InChI is InChI=1S/C20H32O3/c1-4-7-9-12-17(6-3)18(11-8-5-2)14-16-23-20(21)19-13-10-15-22-19/h10,12-13,15,18H,4-9,11,14,16H2,1-3H3/b17-12+. The zero-order valence-corrected chi connectivity index (χ0v) is 15.0. The Labute approximate surface area is 141 Å². The van der Waals surface area contributed by atoms with E-state index in [9.17, 15) is 4.79 Å². The second-order valence-corrected chi connectivity index (χ2v) is 6.02. The number of furan rings is 1. The van der Waals surface area contributed by atoms with Crippen LogP contribution in [0.5, 0.6) is 0 Å². The topological polar surface area (TPSA) is 39.4 Å². The molecule has 130 valence electrons. The summed E-state index contributed by atoms with van der Waals surface area (Å²) in [6.45, 7) is 7.13. The van der Waals surface area contributed by atoms with Gasteiger partial charge in [0.05, 0.1) is 12.9 Å². The lowest BCUT2D eigenvalue weighted by Gasteiger charge is -2.20. The van der Waals surface area contributed by atoms with E-state index in [2.05, 4.69) is 26.8 Å². The molecule has 0 N–H and O–H groups in total. The number of hydrogen-bond donors (Lipinski definition) is 0. The third-order valence-corrected chi connectivity index (χ3v) is 4.22. The fraction of sp³-hybridized carbons (Fsp3) is 0.650. The Morgan fingerprint density at radius 3 is 2.61 bits per heavy atom. The first kappa shape index (κ1) is 19.5. The summed E-state index contributed by atoms with van der Waals surface area (Å²) in [5.74, 6) is 0.447. The van der Waals surface area contributed by atoms with E-state index in [-0.39, 0.29) is 11.7 Å². The lowest BCUT2D eigenvalue weighted by atomic mass is 9.88. The van der Waals surface area contributed by atoms with Crippen LogP contribution < -0.4 is 0 Å². The average Bonchev–Trinajstić information content (AvgIpc) is 3.10. The molecule has 1 unspecified atom stereocenters. The lowest BCUT2D eigenvalue weighted by molar-refractivity contribution is 0.0449. The van der Waals surface area contributed by atoms with Gasteiger partial charge in [-0.3, -0.25) is 0 Å². The molecule has 1 aromatic rings. The molecule has 0 aliphatic heterocycles. The van der Waals surface area contributed by atoms with Crippen LogP contribution in [0, 0.1) is 5.92 Å².